The van der Waals surface area contributed by atoms with Crippen molar-refractivity contribution < 1.29 is 4.79 Å². The maximum atomic E-state index is 12.3. The van der Waals surface area contributed by atoms with Crippen molar-refractivity contribution in [1.29, 1.82) is 0 Å². The zero-order valence-electron chi connectivity index (χ0n) is 10.0. The standard InChI is InChI=1S/C15H13ClOS/c1-18-15-9-5-3-7-12(15)14(17)10-11-6-2-4-8-13(11)16/h2-9H,10H2,1H3. The summed E-state index contributed by atoms with van der Waals surface area (Å²) in [7, 11) is 0. The van der Waals surface area contributed by atoms with E-state index in [0.717, 1.165) is 16.0 Å². The Labute approximate surface area is 116 Å². The summed E-state index contributed by atoms with van der Waals surface area (Å²) in [5.74, 6) is 0.105. The highest BCUT2D eigenvalue weighted by molar-refractivity contribution is 7.98. The highest BCUT2D eigenvalue weighted by Crippen LogP contribution is 2.23. The van der Waals surface area contributed by atoms with Crippen LogP contribution >= 0.6 is 23.4 Å². The van der Waals surface area contributed by atoms with E-state index in [-0.39, 0.29) is 5.78 Å². The van der Waals surface area contributed by atoms with Gasteiger partial charge in [-0.15, -0.1) is 11.8 Å². The largest absolute Gasteiger partial charge is 0.294 e. The van der Waals surface area contributed by atoms with Crippen LogP contribution in [0.4, 0.5) is 0 Å². The lowest BCUT2D eigenvalue weighted by atomic mass is 10.0. The van der Waals surface area contributed by atoms with Crippen molar-refractivity contribution in [2.75, 3.05) is 6.26 Å². The second-order valence-corrected chi connectivity index (χ2v) is 5.15. The third-order valence-corrected chi connectivity index (χ3v) is 3.88. The molecule has 0 saturated carbocycles. The molecule has 0 N–H and O–H groups in total. The highest BCUT2D eigenvalue weighted by Gasteiger charge is 2.12. The summed E-state index contributed by atoms with van der Waals surface area (Å²) in [5, 5.41) is 0.646. The Bertz CT molecular complexity index is 566. The van der Waals surface area contributed by atoms with E-state index >= 15 is 0 Å². The van der Waals surface area contributed by atoms with Gasteiger partial charge >= 0.3 is 0 Å². The van der Waals surface area contributed by atoms with Gasteiger partial charge in [-0.3, -0.25) is 4.79 Å². The summed E-state index contributed by atoms with van der Waals surface area (Å²) >= 11 is 7.66. The molecule has 2 aromatic rings. The van der Waals surface area contributed by atoms with Crippen LogP contribution in [0, 0.1) is 0 Å². The van der Waals surface area contributed by atoms with Crippen LogP contribution in [0.1, 0.15) is 15.9 Å². The molecule has 0 unspecified atom stereocenters. The Hall–Kier alpha value is -1.25. The van der Waals surface area contributed by atoms with Gasteiger partial charge in [0.2, 0.25) is 0 Å². The van der Waals surface area contributed by atoms with E-state index < -0.39 is 0 Å². The van der Waals surface area contributed by atoms with Crippen molar-refractivity contribution in [3.05, 3.63) is 64.7 Å². The number of carbonyl (C=O) groups excluding carboxylic acids is 1. The molecule has 3 heteroatoms. The van der Waals surface area contributed by atoms with E-state index in [1.54, 1.807) is 11.8 Å². The molecular weight excluding hydrogens is 264 g/mol. The molecule has 2 rings (SSSR count). The predicted octanol–water partition coefficient (Wildman–Crippen LogP) is 4.49. The van der Waals surface area contributed by atoms with Crippen molar-refractivity contribution in [2.24, 2.45) is 0 Å². The van der Waals surface area contributed by atoms with Crippen molar-refractivity contribution in [2.45, 2.75) is 11.3 Å². The van der Waals surface area contributed by atoms with E-state index in [1.165, 1.54) is 0 Å². The van der Waals surface area contributed by atoms with Crippen molar-refractivity contribution in [1.82, 2.24) is 0 Å². The molecule has 0 bridgehead atoms. The summed E-state index contributed by atoms with van der Waals surface area (Å²) < 4.78 is 0. The van der Waals surface area contributed by atoms with E-state index in [2.05, 4.69) is 0 Å². The van der Waals surface area contributed by atoms with Gasteiger partial charge in [0.15, 0.2) is 5.78 Å². The number of Topliss-reactive ketones (excluding diaryl/α,β-unsaturated/α-hetero) is 1. The van der Waals surface area contributed by atoms with Gasteiger partial charge in [-0.25, -0.2) is 0 Å². The molecule has 0 aliphatic carbocycles. The number of ketones is 1. The zero-order valence-corrected chi connectivity index (χ0v) is 11.6. The number of thioether (sulfide) groups is 1. The summed E-state index contributed by atoms with van der Waals surface area (Å²) in [5.41, 5.74) is 1.64. The van der Waals surface area contributed by atoms with Crippen LogP contribution in [-0.2, 0) is 6.42 Å². The maximum Gasteiger partial charge on any atom is 0.168 e. The second-order valence-electron chi connectivity index (χ2n) is 3.89. The Morgan fingerprint density at radius 3 is 2.50 bits per heavy atom. The van der Waals surface area contributed by atoms with Gasteiger partial charge in [0.1, 0.15) is 0 Å². The van der Waals surface area contributed by atoms with Crippen LogP contribution in [0.25, 0.3) is 0 Å². The van der Waals surface area contributed by atoms with Gasteiger partial charge < -0.3 is 0 Å². The first-order valence-electron chi connectivity index (χ1n) is 5.62. The number of rotatable bonds is 4. The third kappa shape index (κ3) is 2.95. The van der Waals surface area contributed by atoms with Gasteiger partial charge in [0.25, 0.3) is 0 Å². The van der Waals surface area contributed by atoms with Crippen LogP contribution < -0.4 is 0 Å². The van der Waals surface area contributed by atoms with Gasteiger partial charge in [-0.1, -0.05) is 48.0 Å². The topological polar surface area (TPSA) is 17.1 Å². The number of hydrogen-bond acceptors (Lipinski definition) is 2. The zero-order chi connectivity index (χ0) is 13.0. The van der Waals surface area contributed by atoms with E-state index in [1.807, 2.05) is 54.8 Å². The van der Waals surface area contributed by atoms with E-state index in [9.17, 15) is 4.79 Å². The molecule has 0 radical (unpaired) electrons. The first-order valence-corrected chi connectivity index (χ1v) is 7.22. The molecule has 0 heterocycles. The molecule has 92 valence electrons. The Kier molecular flexibility index (Phi) is 4.45. The lowest BCUT2D eigenvalue weighted by Gasteiger charge is -2.07. The number of carbonyl (C=O) groups is 1. The Morgan fingerprint density at radius 1 is 1.11 bits per heavy atom. The average molecular weight is 277 g/mol. The first-order chi connectivity index (χ1) is 8.72. The number of hydrogen-bond donors (Lipinski definition) is 0. The first kappa shape index (κ1) is 13.2. The van der Waals surface area contributed by atoms with Crippen molar-refractivity contribution in [3.8, 4) is 0 Å². The smallest absolute Gasteiger partial charge is 0.168 e. The lowest BCUT2D eigenvalue weighted by molar-refractivity contribution is 0.0990. The van der Waals surface area contributed by atoms with Crippen molar-refractivity contribution >= 4 is 29.1 Å². The normalized spacial score (nSPS) is 10.3. The van der Waals surface area contributed by atoms with Gasteiger partial charge in [0, 0.05) is 21.9 Å². The minimum absolute atomic E-state index is 0.105. The minimum atomic E-state index is 0.105. The van der Waals surface area contributed by atoms with E-state index in [4.69, 9.17) is 11.6 Å². The SMILES string of the molecule is CSc1ccccc1C(=O)Cc1ccccc1Cl. The van der Waals surface area contributed by atoms with Gasteiger partial charge in [-0.2, -0.15) is 0 Å². The lowest BCUT2D eigenvalue weighted by Crippen LogP contribution is -2.05. The third-order valence-electron chi connectivity index (χ3n) is 2.72. The highest BCUT2D eigenvalue weighted by atomic mass is 35.5. The average Bonchev–Trinajstić information content (AvgIpc) is 2.41. The molecule has 0 aliphatic heterocycles. The van der Waals surface area contributed by atoms with Crippen LogP contribution in [0.15, 0.2) is 53.4 Å². The van der Waals surface area contributed by atoms with Crippen LogP contribution in [0.2, 0.25) is 5.02 Å². The number of halogens is 1. The summed E-state index contributed by atoms with van der Waals surface area (Å²) in [6.45, 7) is 0. The molecule has 0 aliphatic rings. The summed E-state index contributed by atoms with van der Waals surface area (Å²) in [6, 6.07) is 15.1. The molecule has 0 amide bonds. The molecule has 0 spiro atoms. The van der Waals surface area contributed by atoms with Crippen LogP contribution in [-0.4, -0.2) is 12.0 Å². The molecule has 2 aromatic carbocycles. The minimum Gasteiger partial charge on any atom is -0.294 e. The number of benzene rings is 2. The molecule has 0 atom stereocenters. The molecule has 0 fully saturated rings. The van der Waals surface area contributed by atoms with Crippen LogP contribution in [0.3, 0.4) is 0 Å². The maximum absolute atomic E-state index is 12.3. The second kappa shape index (κ2) is 6.07. The predicted molar refractivity (Wildman–Crippen MR) is 77.7 cm³/mol. The molecule has 18 heavy (non-hydrogen) atoms. The van der Waals surface area contributed by atoms with Crippen molar-refractivity contribution in [3.63, 3.8) is 0 Å². The Balaban J connectivity index is 2.25. The van der Waals surface area contributed by atoms with Crippen LogP contribution in [0.5, 0.6) is 0 Å². The molecule has 0 saturated heterocycles. The van der Waals surface area contributed by atoms with Gasteiger partial charge in [-0.05, 0) is 24.0 Å². The summed E-state index contributed by atoms with van der Waals surface area (Å²) in [6.07, 6.45) is 2.32. The fourth-order valence-corrected chi connectivity index (χ4v) is 2.60. The molecule has 0 aromatic heterocycles. The molecular formula is C15H13ClOS. The monoisotopic (exact) mass is 276 g/mol. The summed E-state index contributed by atoms with van der Waals surface area (Å²) in [4.78, 5) is 13.3. The van der Waals surface area contributed by atoms with E-state index in [0.29, 0.717) is 11.4 Å². The molecule has 1 nitrogen and oxygen atoms in total. The Morgan fingerprint density at radius 2 is 1.78 bits per heavy atom. The fraction of sp³-hybridized carbons (Fsp3) is 0.133. The quantitative estimate of drug-likeness (QED) is 0.605. The fourth-order valence-electron chi connectivity index (χ4n) is 1.78. The van der Waals surface area contributed by atoms with Gasteiger partial charge in [0.05, 0.1) is 0 Å².